The van der Waals surface area contributed by atoms with E-state index in [0.29, 0.717) is 10.0 Å². The Balaban J connectivity index is 1.84. The minimum absolute atomic E-state index is 0.117. The van der Waals surface area contributed by atoms with Crippen molar-refractivity contribution in [2.75, 3.05) is 32.8 Å². The zero-order valence-electron chi connectivity index (χ0n) is 12.1. The highest BCUT2D eigenvalue weighted by Crippen LogP contribution is 2.19. The highest BCUT2D eigenvalue weighted by molar-refractivity contribution is 6.34. The number of hydrogen-bond acceptors (Lipinski definition) is 3. The third-order valence-corrected chi connectivity index (χ3v) is 4.11. The van der Waals surface area contributed by atoms with Gasteiger partial charge in [0.25, 0.3) is 0 Å². The number of hydrogen-bond donors (Lipinski definition) is 1. The molecule has 1 aromatic carbocycles. The van der Waals surface area contributed by atoms with Crippen LogP contribution in [0.4, 0.5) is 0 Å². The van der Waals surface area contributed by atoms with Gasteiger partial charge >= 0.3 is 0 Å². The maximum atomic E-state index is 6.01. The molecule has 3 nitrogen and oxygen atoms in total. The minimum Gasteiger partial charge on any atom is -0.379 e. The fourth-order valence-electron chi connectivity index (χ4n) is 2.51. The van der Waals surface area contributed by atoms with Crippen LogP contribution in [0, 0.1) is 0 Å². The minimum atomic E-state index is 0.117. The topological polar surface area (TPSA) is 24.5 Å². The summed E-state index contributed by atoms with van der Waals surface area (Å²) in [5.41, 5.74) is 1.23. The summed E-state index contributed by atoms with van der Waals surface area (Å²) in [5, 5.41) is 4.86. The van der Waals surface area contributed by atoms with Crippen LogP contribution in [0.2, 0.25) is 10.0 Å². The molecule has 0 spiro atoms. The van der Waals surface area contributed by atoms with Crippen molar-refractivity contribution in [3.05, 3.63) is 33.8 Å². The predicted molar refractivity (Wildman–Crippen MR) is 84.6 cm³/mol. The van der Waals surface area contributed by atoms with Crippen LogP contribution in [0.1, 0.15) is 19.4 Å². The van der Waals surface area contributed by atoms with E-state index in [-0.39, 0.29) is 5.54 Å². The molecule has 0 amide bonds. The lowest BCUT2D eigenvalue weighted by Crippen LogP contribution is -2.54. The SMILES string of the molecule is CC(C)(CNCc1cc(Cl)cc(Cl)c1)N1CCOCC1. The molecule has 1 saturated heterocycles. The van der Waals surface area contributed by atoms with Crippen molar-refractivity contribution in [2.24, 2.45) is 0 Å². The average molecular weight is 317 g/mol. The van der Waals surface area contributed by atoms with Crippen LogP contribution >= 0.6 is 23.2 Å². The molecule has 20 heavy (non-hydrogen) atoms. The summed E-state index contributed by atoms with van der Waals surface area (Å²) < 4.78 is 5.40. The number of nitrogens with zero attached hydrogens (tertiary/aromatic N) is 1. The summed E-state index contributed by atoms with van der Waals surface area (Å²) in [6.07, 6.45) is 0. The quantitative estimate of drug-likeness (QED) is 0.903. The van der Waals surface area contributed by atoms with Gasteiger partial charge in [0, 0.05) is 41.8 Å². The number of rotatable bonds is 5. The molecule has 2 rings (SSSR count). The third-order valence-electron chi connectivity index (χ3n) is 3.68. The van der Waals surface area contributed by atoms with E-state index in [9.17, 15) is 0 Å². The van der Waals surface area contributed by atoms with Crippen LogP contribution in [0.15, 0.2) is 18.2 Å². The summed E-state index contributed by atoms with van der Waals surface area (Å²) >= 11 is 12.0. The van der Waals surface area contributed by atoms with Crippen LogP contribution < -0.4 is 5.32 Å². The molecule has 0 radical (unpaired) electrons. The molecular formula is C15H22Cl2N2O. The number of nitrogens with one attached hydrogen (secondary N) is 1. The van der Waals surface area contributed by atoms with Gasteiger partial charge in [-0.2, -0.15) is 0 Å². The largest absolute Gasteiger partial charge is 0.379 e. The Bertz CT molecular complexity index is 425. The molecule has 1 aliphatic rings. The van der Waals surface area contributed by atoms with Crippen LogP contribution in [0.3, 0.4) is 0 Å². The molecular weight excluding hydrogens is 295 g/mol. The monoisotopic (exact) mass is 316 g/mol. The lowest BCUT2D eigenvalue weighted by Gasteiger charge is -2.41. The smallest absolute Gasteiger partial charge is 0.0594 e. The molecule has 1 fully saturated rings. The highest BCUT2D eigenvalue weighted by Gasteiger charge is 2.27. The summed E-state index contributed by atoms with van der Waals surface area (Å²) in [5.74, 6) is 0. The van der Waals surface area contributed by atoms with E-state index in [2.05, 4.69) is 24.1 Å². The summed E-state index contributed by atoms with van der Waals surface area (Å²) in [4.78, 5) is 2.47. The van der Waals surface area contributed by atoms with Crippen molar-refractivity contribution >= 4 is 23.2 Å². The van der Waals surface area contributed by atoms with Gasteiger partial charge in [0.15, 0.2) is 0 Å². The number of morpholine rings is 1. The zero-order valence-corrected chi connectivity index (χ0v) is 13.6. The lowest BCUT2D eigenvalue weighted by atomic mass is 10.0. The van der Waals surface area contributed by atoms with Crippen molar-refractivity contribution in [2.45, 2.75) is 25.9 Å². The lowest BCUT2D eigenvalue weighted by molar-refractivity contribution is -0.00966. The maximum Gasteiger partial charge on any atom is 0.0594 e. The highest BCUT2D eigenvalue weighted by atomic mass is 35.5. The van der Waals surface area contributed by atoms with E-state index in [1.165, 1.54) is 0 Å². The summed E-state index contributed by atoms with van der Waals surface area (Å²) in [7, 11) is 0. The molecule has 0 unspecified atom stereocenters. The van der Waals surface area contributed by atoms with Crippen molar-refractivity contribution in [1.29, 1.82) is 0 Å². The van der Waals surface area contributed by atoms with Crippen LogP contribution in [0.25, 0.3) is 0 Å². The van der Waals surface area contributed by atoms with Crippen molar-refractivity contribution in [3.63, 3.8) is 0 Å². The van der Waals surface area contributed by atoms with Crippen LogP contribution in [-0.2, 0) is 11.3 Å². The fourth-order valence-corrected chi connectivity index (χ4v) is 3.08. The first-order valence-corrected chi connectivity index (χ1v) is 7.71. The molecule has 0 aromatic heterocycles. The second-order valence-electron chi connectivity index (χ2n) is 5.79. The van der Waals surface area contributed by atoms with Gasteiger partial charge in [0.1, 0.15) is 0 Å². The van der Waals surface area contributed by atoms with E-state index in [4.69, 9.17) is 27.9 Å². The third kappa shape index (κ3) is 4.61. The Hall–Kier alpha value is -0.320. The summed E-state index contributed by atoms with van der Waals surface area (Å²) in [6.45, 7) is 9.85. The fraction of sp³-hybridized carbons (Fsp3) is 0.600. The van der Waals surface area contributed by atoms with E-state index in [1.807, 2.05) is 12.1 Å². The van der Waals surface area contributed by atoms with Crippen LogP contribution in [0.5, 0.6) is 0 Å². The van der Waals surface area contributed by atoms with Gasteiger partial charge < -0.3 is 10.1 Å². The molecule has 0 saturated carbocycles. The van der Waals surface area contributed by atoms with E-state index < -0.39 is 0 Å². The van der Waals surface area contributed by atoms with Crippen molar-refractivity contribution < 1.29 is 4.74 Å². The second kappa shape index (κ2) is 7.10. The van der Waals surface area contributed by atoms with E-state index in [0.717, 1.165) is 45.0 Å². The Labute approximate surface area is 131 Å². The second-order valence-corrected chi connectivity index (χ2v) is 6.67. The molecule has 5 heteroatoms. The standard InChI is InChI=1S/C15H22Cl2N2O/c1-15(2,19-3-5-20-6-4-19)11-18-10-12-7-13(16)9-14(17)8-12/h7-9,18H,3-6,10-11H2,1-2H3. The first-order valence-electron chi connectivity index (χ1n) is 6.96. The number of halogens is 2. The Morgan fingerprint density at radius 2 is 1.75 bits per heavy atom. The first kappa shape index (κ1) is 16.1. The van der Waals surface area contributed by atoms with Crippen LogP contribution in [-0.4, -0.2) is 43.3 Å². The Morgan fingerprint density at radius 3 is 2.35 bits per heavy atom. The molecule has 1 aromatic rings. The van der Waals surface area contributed by atoms with Gasteiger partial charge in [-0.25, -0.2) is 0 Å². The zero-order chi connectivity index (χ0) is 14.6. The molecule has 0 aliphatic carbocycles. The summed E-state index contributed by atoms with van der Waals surface area (Å²) in [6, 6.07) is 5.65. The first-order chi connectivity index (χ1) is 9.47. The molecule has 112 valence electrons. The van der Waals surface area contributed by atoms with Gasteiger partial charge in [-0.3, -0.25) is 4.90 Å². The average Bonchev–Trinajstić information content (AvgIpc) is 2.38. The molecule has 0 atom stereocenters. The van der Waals surface area contributed by atoms with Gasteiger partial charge in [0.05, 0.1) is 13.2 Å². The molecule has 1 aliphatic heterocycles. The van der Waals surface area contributed by atoms with Crippen molar-refractivity contribution in [3.8, 4) is 0 Å². The molecule has 0 bridgehead atoms. The van der Waals surface area contributed by atoms with Crippen molar-refractivity contribution in [1.82, 2.24) is 10.2 Å². The molecule has 1 N–H and O–H groups in total. The number of benzene rings is 1. The normalized spacial score (nSPS) is 17.4. The van der Waals surface area contributed by atoms with Gasteiger partial charge in [0.2, 0.25) is 0 Å². The van der Waals surface area contributed by atoms with Gasteiger partial charge in [-0.1, -0.05) is 23.2 Å². The van der Waals surface area contributed by atoms with Gasteiger partial charge in [-0.15, -0.1) is 0 Å². The van der Waals surface area contributed by atoms with E-state index >= 15 is 0 Å². The van der Waals surface area contributed by atoms with E-state index in [1.54, 1.807) is 6.07 Å². The predicted octanol–water partition coefficient (Wildman–Crippen LogP) is 3.19. The number of ether oxygens (including phenoxy) is 1. The Kier molecular flexibility index (Phi) is 5.70. The maximum absolute atomic E-state index is 6.01. The van der Waals surface area contributed by atoms with Gasteiger partial charge in [-0.05, 0) is 37.6 Å². The Morgan fingerprint density at radius 1 is 1.15 bits per heavy atom. The molecule has 1 heterocycles.